The van der Waals surface area contributed by atoms with E-state index in [-0.39, 0.29) is 24.6 Å². The fraction of sp³-hybridized carbons (Fsp3) is 0.316. The molecule has 0 spiro atoms. The van der Waals surface area contributed by atoms with Gasteiger partial charge in [0.15, 0.2) is 5.78 Å². The molecule has 1 saturated heterocycles. The molecule has 1 heterocycles. The van der Waals surface area contributed by atoms with Crippen molar-refractivity contribution in [2.24, 2.45) is 0 Å². The number of nitrogens with one attached hydrogen (secondary N) is 1. The topological polar surface area (TPSA) is 99.0 Å². The second kappa shape index (κ2) is 8.16. The van der Waals surface area contributed by atoms with E-state index >= 15 is 0 Å². The van der Waals surface area contributed by atoms with E-state index in [1.807, 2.05) is 11.5 Å². The zero-order chi connectivity index (χ0) is 18.7. The van der Waals surface area contributed by atoms with Gasteiger partial charge in [-0.2, -0.15) is 5.48 Å². The van der Waals surface area contributed by atoms with Gasteiger partial charge in [0.05, 0.1) is 12.7 Å². The zero-order valence-corrected chi connectivity index (χ0v) is 14.7. The number of halogens is 1. The summed E-state index contributed by atoms with van der Waals surface area (Å²) in [6, 6.07) is 11.2. The number of rotatable bonds is 5. The molecule has 3 rings (SSSR count). The third-order valence-corrected chi connectivity index (χ3v) is 4.86. The number of benzene rings is 2. The first kappa shape index (κ1) is 18.8. The first-order valence-corrected chi connectivity index (χ1v) is 8.64. The van der Waals surface area contributed by atoms with Crippen LogP contribution in [0.2, 0.25) is 5.02 Å². The van der Waals surface area contributed by atoms with Crippen LogP contribution in [0.5, 0.6) is 5.75 Å². The number of hydrogen-bond donors (Lipinski definition) is 4. The lowest BCUT2D eigenvalue weighted by Gasteiger charge is -2.34. The Morgan fingerprint density at radius 1 is 1.19 bits per heavy atom. The Hall–Kier alpha value is -1.96. The number of ether oxygens (including phenoxy) is 1. The third-order valence-electron chi connectivity index (χ3n) is 4.49. The van der Waals surface area contributed by atoms with Gasteiger partial charge >= 0.3 is 0 Å². The number of Topliss-reactive ketones (excluding diaryl/α,β-unsaturated/α-hetero) is 1. The molecule has 3 unspecified atom stereocenters. The summed E-state index contributed by atoms with van der Waals surface area (Å²) in [5, 5.41) is 28.7. The molecule has 0 aromatic heterocycles. The number of phenolic OH excluding ortho intramolecular Hbond substituents is 1. The highest BCUT2D eigenvalue weighted by Crippen LogP contribution is 2.32. The summed E-state index contributed by atoms with van der Waals surface area (Å²) in [5.41, 5.74) is 4.49. The standard InChI is InChI=1S/C19H20ClNO5/c20-16-6-3-12(8-13(16)7-11-1-4-14(23)5-2-11)19-18(21-25)17(24)9-15(10-22)26-19/h1-6,8,15,18-19,21-23,25H,7,9-10H2. The molecule has 0 aliphatic carbocycles. The van der Waals surface area contributed by atoms with E-state index in [4.69, 9.17) is 16.3 Å². The van der Waals surface area contributed by atoms with E-state index in [0.717, 1.165) is 11.1 Å². The van der Waals surface area contributed by atoms with Crippen LogP contribution in [0.4, 0.5) is 0 Å². The van der Waals surface area contributed by atoms with Gasteiger partial charge in [-0.3, -0.25) is 4.79 Å². The van der Waals surface area contributed by atoms with Crippen molar-refractivity contribution in [2.45, 2.75) is 31.1 Å². The van der Waals surface area contributed by atoms with Gasteiger partial charge in [0.25, 0.3) is 0 Å². The van der Waals surface area contributed by atoms with E-state index in [1.54, 1.807) is 36.4 Å². The number of carbonyl (C=O) groups is 1. The number of aliphatic hydroxyl groups excluding tert-OH is 1. The van der Waals surface area contributed by atoms with E-state index in [0.29, 0.717) is 17.0 Å². The minimum absolute atomic E-state index is 0.0409. The summed E-state index contributed by atoms with van der Waals surface area (Å²) in [4.78, 5) is 12.2. The van der Waals surface area contributed by atoms with Gasteiger partial charge in [-0.05, 0) is 41.3 Å². The van der Waals surface area contributed by atoms with Gasteiger partial charge in [0.1, 0.15) is 17.9 Å². The van der Waals surface area contributed by atoms with Gasteiger partial charge in [-0.25, -0.2) is 0 Å². The number of carbonyl (C=O) groups excluding carboxylic acids is 1. The molecular formula is C19H20ClNO5. The molecule has 1 aliphatic rings. The number of aliphatic hydroxyl groups is 1. The minimum atomic E-state index is -0.902. The second-order valence-electron chi connectivity index (χ2n) is 6.33. The van der Waals surface area contributed by atoms with Crippen LogP contribution in [-0.4, -0.2) is 40.0 Å². The number of hydroxylamine groups is 1. The predicted octanol–water partition coefficient (Wildman–Crippen LogP) is 2.38. The maximum Gasteiger partial charge on any atom is 0.157 e. The molecule has 138 valence electrons. The number of ketones is 1. The smallest absolute Gasteiger partial charge is 0.157 e. The van der Waals surface area contributed by atoms with E-state index in [1.165, 1.54) is 0 Å². The van der Waals surface area contributed by atoms with Crippen LogP contribution in [0.15, 0.2) is 42.5 Å². The third kappa shape index (κ3) is 4.06. The molecule has 26 heavy (non-hydrogen) atoms. The molecule has 0 amide bonds. The highest BCUT2D eigenvalue weighted by molar-refractivity contribution is 6.31. The van der Waals surface area contributed by atoms with Crippen LogP contribution < -0.4 is 5.48 Å². The van der Waals surface area contributed by atoms with Crippen LogP contribution >= 0.6 is 11.6 Å². The van der Waals surface area contributed by atoms with Crippen LogP contribution in [-0.2, 0) is 16.0 Å². The molecular weight excluding hydrogens is 358 g/mol. The number of aromatic hydroxyl groups is 1. The molecule has 0 radical (unpaired) electrons. The first-order chi connectivity index (χ1) is 12.5. The lowest BCUT2D eigenvalue weighted by atomic mass is 9.91. The lowest BCUT2D eigenvalue weighted by Crippen LogP contribution is -2.48. The average Bonchev–Trinajstić information content (AvgIpc) is 2.64. The predicted molar refractivity (Wildman–Crippen MR) is 95.4 cm³/mol. The van der Waals surface area contributed by atoms with Crippen molar-refractivity contribution in [1.82, 2.24) is 5.48 Å². The highest BCUT2D eigenvalue weighted by atomic mass is 35.5. The van der Waals surface area contributed by atoms with Crippen molar-refractivity contribution in [1.29, 1.82) is 0 Å². The monoisotopic (exact) mass is 377 g/mol. The fourth-order valence-corrected chi connectivity index (χ4v) is 3.30. The maximum absolute atomic E-state index is 12.2. The van der Waals surface area contributed by atoms with Crippen LogP contribution in [0, 0.1) is 0 Å². The molecule has 2 aromatic rings. The quantitative estimate of drug-likeness (QED) is 0.597. The molecule has 3 atom stereocenters. The Labute approximate surface area is 156 Å². The zero-order valence-electron chi connectivity index (χ0n) is 13.9. The Morgan fingerprint density at radius 3 is 2.58 bits per heavy atom. The summed E-state index contributed by atoms with van der Waals surface area (Å²) >= 11 is 6.31. The summed E-state index contributed by atoms with van der Waals surface area (Å²) in [6.45, 7) is -0.270. The van der Waals surface area contributed by atoms with Crippen LogP contribution in [0.1, 0.15) is 29.2 Å². The van der Waals surface area contributed by atoms with Crippen molar-refractivity contribution in [3.05, 3.63) is 64.2 Å². The second-order valence-corrected chi connectivity index (χ2v) is 6.74. The Bertz CT molecular complexity index is 780. The number of phenols is 1. The minimum Gasteiger partial charge on any atom is -0.508 e. The van der Waals surface area contributed by atoms with Gasteiger partial charge < -0.3 is 20.2 Å². The molecule has 1 fully saturated rings. The van der Waals surface area contributed by atoms with E-state index in [2.05, 4.69) is 0 Å². The Kier molecular flexibility index (Phi) is 5.90. The Morgan fingerprint density at radius 2 is 1.92 bits per heavy atom. The van der Waals surface area contributed by atoms with Crippen LogP contribution in [0.3, 0.4) is 0 Å². The normalized spacial score (nSPS) is 23.2. The van der Waals surface area contributed by atoms with Crippen molar-refractivity contribution in [2.75, 3.05) is 6.61 Å². The van der Waals surface area contributed by atoms with E-state index in [9.17, 15) is 20.2 Å². The largest absolute Gasteiger partial charge is 0.508 e. The maximum atomic E-state index is 12.2. The SMILES string of the molecule is O=C1CC(CO)OC(c2ccc(Cl)c(Cc3ccc(O)cc3)c2)C1NO. The van der Waals surface area contributed by atoms with Crippen LogP contribution in [0.25, 0.3) is 0 Å². The first-order valence-electron chi connectivity index (χ1n) is 8.26. The van der Waals surface area contributed by atoms with Gasteiger partial charge in [0.2, 0.25) is 0 Å². The molecule has 0 bridgehead atoms. The average molecular weight is 378 g/mol. The molecule has 4 N–H and O–H groups in total. The molecule has 1 aliphatic heterocycles. The Balaban J connectivity index is 1.89. The van der Waals surface area contributed by atoms with Gasteiger partial charge in [0, 0.05) is 11.4 Å². The summed E-state index contributed by atoms with van der Waals surface area (Å²) < 4.78 is 5.79. The molecule has 7 heteroatoms. The number of hydrogen-bond acceptors (Lipinski definition) is 6. The van der Waals surface area contributed by atoms with Crippen molar-refractivity contribution in [3.63, 3.8) is 0 Å². The molecule has 6 nitrogen and oxygen atoms in total. The highest BCUT2D eigenvalue weighted by Gasteiger charge is 2.38. The van der Waals surface area contributed by atoms with Gasteiger partial charge in [-0.1, -0.05) is 35.9 Å². The summed E-state index contributed by atoms with van der Waals surface area (Å²) in [6.07, 6.45) is -0.754. The van der Waals surface area contributed by atoms with Crippen molar-refractivity contribution >= 4 is 17.4 Å². The summed E-state index contributed by atoms with van der Waals surface area (Å²) in [7, 11) is 0. The molecule has 0 saturated carbocycles. The summed E-state index contributed by atoms with van der Waals surface area (Å²) in [5.74, 6) is -0.0348. The van der Waals surface area contributed by atoms with Crippen molar-refractivity contribution < 1.29 is 25.0 Å². The lowest BCUT2D eigenvalue weighted by molar-refractivity contribution is -0.152. The van der Waals surface area contributed by atoms with E-state index < -0.39 is 18.2 Å². The molecule has 2 aromatic carbocycles. The van der Waals surface area contributed by atoms with Crippen molar-refractivity contribution in [3.8, 4) is 5.75 Å². The fourth-order valence-electron chi connectivity index (χ4n) is 3.11. The van der Waals surface area contributed by atoms with Gasteiger partial charge in [-0.15, -0.1) is 0 Å².